The number of aliphatic imine (C=N–C) groups is 1. The Morgan fingerprint density at radius 1 is 0.958 bits per heavy atom. The Hall–Kier alpha value is -2.88. The van der Waals surface area contributed by atoms with Crippen molar-refractivity contribution >= 4 is 11.9 Å². The average molecular weight is 319 g/mol. The van der Waals surface area contributed by atoms with Gasteiger partial charge in [-0.1, -0.05) is 35.4 Å². The summed E-state index contributed by atoms with van der Waals surface area (Å²) in [7, 11) is 0. The molecule has 0 spiro atoms. The summed E-state index contributed by atoms with van der Waals surface area (Å²) in [5, 5.41) is 3.12. The number of aromatic nitrogens is 2. The van der Waals surface area contributed by atoms with Gasteiger partial charge in [0.05, 0.1) is 16.9 Å². The van der Waals surface area contributed by atoms with Gasteiger partial charge in [0.25, 0.3) is 5.56 Å². The Morgan fingerprint density at radius 2 is 1.62 bits per heavy atom. The summed E-state index contributed by atoms with van der Waals surface area (Å²) in [4.78, 5) is 17.2. The number of aromatic amines is 1. The largest absolute Gasteiger partial charge is 0.295 e. The van der Waals surface area contributed by atoms with Crippen LogP contribution < -0.4 is 5.56 Å². The minimum Gasteiger partial charge on any atom is -0.295 e. The highest BCUT2D eigenvalue weighted by Crippen LogP contribution is 2.19. The van der Waals surface area contributed by atoms with E-state index in [0.29, 0.717) is 5.56 Å². The van der Waals surface area contributed by atoms with E-state index in [2.05, 4.69) is 23.1 Å². The summed E-state index contributed by atoms with van der Waals surface area (Å²) in [6.45, 7) is 7.98. The second kappa shape index (κ2) is 6.32. The Morgan fingerprint density at radius 3 is 2.29 bits per heavy atom. The molecule has 1 N–H and O–H groups in total. The lowest BCUT2D eigenvalue weighted by Gasteiger charge is -2.01. The zero-order valence-electron chi connectivity index (χ0n) is 14.4. The molecule has 0 aliphatic carbocycles. The molecule has 2 aromatic carbocycles. The fourth-order valence-corrected chi connectivity index (χ4v) is 2.67. The monoisotopic (exact) mass is 319 g/mol. The molecule has 1 heterocycles. The average Bonchev–Trinajstić information content (AvgIpc) is 2.82. The first-order valence-corrected chi connectivity index (χ1v) is 7.95. The highest BCUT2D eigenvalue weighted by atomic mass is 16.1. The van der Waals surface area contributed by atoms with Gasteiger partial charge in [-0.25, -0.2) is 4.68 Å². The number of hydrogen-bond donors (Lipinski definition) is 1. The van der Waals surface area contributed by atoms with Gasteiger partial charge in [0, 0.05) is 11.9 Å². The summed E-state index contributed by atoms with van der Waals surface area (Å²) in [5.41, 5.74) is 6.44. The summed E-state index contributed by atoms with van der Waals surface area (Å²) in [6, 6.07) is 13.9. The molecule has 1 aromatic heterocycles. The van der Waals surface area contributed by atoms with E-state index in [0.717, 1.165) is 28.2 Å². The van der Waals surface area contributed by atoms with E-state index >= 15 is 0 Å². The van der Waals surface area contributed by atoms with Crippen LogP contribution in [0.15, 0.2) is 52.3 Å². The zero-order valence-corrected chi connectivity index (χ0v) is 14.4. The van der Waals surface area contributed by atoms with E-state index in [4.69, 9.17) is 0 Å². The quantitative estimate of drug-likeness (QED) is 0.724. The van der Waals surface area contributed by atoms with E-state index in [9.17, 15) is 4.79 Å². The third-order valence-electron chi connectivity index (χ3n) is 4.09. The number of aryl methyl sites for hydroxylation is 4. The van der Waals surface area contributed by atoms with Crippen LogP contribution in [0.1, 0.15) is 27.9 Å². The van der Waals surface area contributed by atoms with Crippen molar-refractivity contribution in [3.63, 3.8) is 0 Å². The minimum atomic E-state index is -0.0927. The first-order chi connectivity index (χ1) is 11.5. The van der Waals surface area contributed by atoms with Crippen LogP contribution in [0.5, 0.6) is 0 Å². The second-order valence-electron chi connectivity index (χ2n) is 6.17. The number of rotatable bonds is 3. The van der Waals surface area contributed by atoms with Crippen LogP contribution in [0.2, 0.25) is 0 Å². The molecule has 0 saturated heterocycles. The number of benzene rings is 2. The predicted octanol–water partition coefficient (Wildman–Crippen LogP) is 4.15. The third kappa shape index (κ3) is 3.08. The van der Waals surface area contributed by atoms with Crippen molar-refractivity contribution < 1.29 is 0 Å². The highest BCUT2D eigenvalue weighted by molar-refractivity contribution is 5.83. The molecule has 0 aliphatic heterocycles. The molecule has 4 nitrogen and oxygen atoms in total. The van der Waals surface area contributed by atoms with Crippen LogP contribution >= 0.6 is 0 Å². The maximum atomic E-state index is 12.7. The Labute approximate surface area is 141 Å². The molecule has 0 aliphatic rings. The fourth-order valence-electron chi connectivity index (χ4n) is 2.67. The summed E-state index contributed by atoms with van der Waals surface area (Å²) >= 11 is 0. The minimum absolute atomic E-state index is 0.0927. The van der Waals surface area contributed by atoms with E-state index in [1.165, 1.54) is 5.56 Å². The van der Waals surface area contributed by atoms with E-state index in [-0.39, 0.29) is 5.56 Å². The van der Waals surface area contributed by atoms with Gasteiger partial charge >= 0.3 is 0 Å². The number of nitrogens with zero attached hydrogens (tertiary/aromatic N) is 2. The fraction of sp³-hybridized carbons (Fsp3) is 0.200. The van der Waals surface area contributed by atoms with Crippen molar-refractivity contribution in [2.45, 2.75) is 27.7 Å². The second-order valence-corrected chi connectivity index (χ2v) is 6.17. The molecule has 24 heavy (non-hydrogen) atoms. The van der Waals surface area contributed by atoms with E-state index in [1.54, 1.807) is 10.9 Å². The van der Waals surface area contributed by atoms with Gasteiger partial charge in [-0.15, -0.1) is 0 Å². The molecule has 122 valence electrons. The highest BCUT2D eigenvalue weighted by Gasteiger charge is 2.10. The normalized spacial score (nSPS) is 11.3. The summed E-state index contributed by atoms with van der Waals surface area (Å²) in [5.74, 6) is 0. The number of nitrogens with one attached hydrogen (secondary N) is 1. The van der Waals surface area contributed by atoms with Crippen LogP contribution in [-0.4, -0.2) is 16.0 Å². The lowest BCUT2D eigenvalue weighted by molar-refractivity contribution is 0.835. The Bertz CT molecular complexity index is 960. The van der Waals surface area contributed by atoms with Crippen molar-refractivity contribution in [1.29, 1.82) is 0 Å². The summed E-state index contributed by atoms with van der Waals surface area (Å²) < 4.78 is 1.55. The van der Waals surface area contributed by atoms with E-state index in [1.807, 2.05) is 57.2 Å². The Kier molecular flexibility index (Phi) is 4.21. The van der Waals surface area contributed by atoms with Crippen molar-refractivity contribution in [2.75, 3.05) is 0 Å². The lowest BCUT2D eigenvalue weighted by Crippen LogP contribution is -2.17. The maximum Gasteiger partial charge on any atom is 0.280 e. The first-order valence-electron chi connectivity index (χ1n) is 7.95. The SMILES string of the molecule is Cc1ccc(-n2[nH]c(C)c(C=Nc3ccc(C)cc3C)c2=O)cc1. The molecule has 4 heteroatoms. The van der Waals surface area contributed by atoms with Crippen LogP contribution in [0.3, 0.4) is 0 Å². The zero-order chi connectivity index (χ0) is 17.3. The lowest BCUT2D eigenvalue weighted by atomic mass is 10.1. The molecule has 3 aromatic rings. The van der Waals surface area contributed by atoms with Crippen LogP contribution in [0, 0.1) is 27.7 Å². The molecule has 0 bridgehead atoms. The van der Waals surface area contributed by atoms with Crippen LogP contribution in [-0.2, 0) is 0 Å². The molecule has 0 unspecified atom stereocenters. The molecule has 0 fully saturated rings. The third-order valence-corrected chi connectivity index (χ3v) is 4.09. The van der Waals surface area contributed by atoms with Gasteiger partial charge < -0.3 is 0 Å². The molecule has 0 amide bonds. The maximum absolute atomic E-state index is 12.7. The first kappa shape index (κ1) is 16.0. The molecule has 0 radical (unpaired) electrons. The van der Waals surface area contributed by atoms with Crippen LogP contribution in [0.25, 0.3) is 5.69 Å². The molecule has 3 rings (SSSR count). The standard InChI is InChI=1S/C20H21N3O/c1-13-5-8-17(9-6-13)23-20(24)18(16(4)22-23)12-21-19-10-7-14(2)11-15(19)3/h5-12,22H,1-4H3. The van der Waals surface area contributed by atoms with Gasteiger partial charge in [-0.05, 0) is 51.5 Å². The molecular weight excluding hydrogens is 298 g/mol. The van der Waals surface area contributed by atoms with Crippen molar-refractivity contribution in [3.05, 3.63) is 80.8 Å². The van der Waals surface area contributed by atoms with Gasteiger partial charge in [0.2, 0.25) is 0 Å². The molecule has 0 saturated carbocycles. The van der Waals surface area contributed by atoms with Crippen molar-refractivity contribution in [1.82, 2.24) is 9.78 Å². The van der Waals surface area contributed by atoms with E-state index < -0.39 is 0 Å². The van der Waals surface area contributed by atoms with Gasteiger partial charge in [-0.2, -0.15) is 0 Å². The summed E-state index contributed by atoms with van der Waals surface area (Å²) in [6.07, 6.45) is 1.65. The van der Waals surface area contributed by atoms with Gasteiger partial charge in [0.1, 0.15) is 0 Å². The number of H-pyrrole nitrogens is 1. The van der Waals surface area contributed by atoms with Gasteiger partial charge in [-0.3, -0.25) is 14.9 Å². The number of hydrogen-bond acceptors (Lipinski definition) is 2. The molecule has 0 atom stereocenters. The molecular formula is C20H21N3O. The smallest absolute Gasteiger partial charge is 0.280 e. The van der Waals surface area contributed by atoms with Crippen molar-refractivity contribution in [2.24, 2.45) is 4.99 Å². The Balaban J connectivity index is 1.99. The predicted molar refractivity (Wildman–Crippen MR) is 99.0 cm³/mol. The topological polar surface area (TPSA) is 50.1 Å². The van der Waals surface area contributed by atoms with Gasteiger partial charge in [0.15, 0.2) is 0 Å². The van der Waals surface area contributed by atoms with Crippen molar-refractivity contribution in [3.8, 4) is 5.69 Å². The van der Waals surface area contributed by atoms with Crippen LogP contribution in [0.4, 0.5) is 5.69 Å².